The van der Waals surface area contributed by atoms with Crippen molar-refractivity contribution in [2.24, 2.45) is 5.92 Å². The van der Waals surface area contributed by atoms with E-state index in [1.165, 1.54) is 25.7 Å². The quantitative estimate of drug-likeness (QED) is 0.831. The van der Waals surface area contributed by atoms with Crippen LogP contribution in [0.3, 0.4) is 0 Å². The van der Waals surface area contributed by atoms with Crippen molar-refractivity contribution in [2.45, 2.75) is 38.6 Å². The van der Waals surface area contributed by atoms with Crippen molar-refractivity contribution >= 4 is 5.91 Å². The first-order chi connectivity index (χ1) is 9.19. The molecule has 1 aromatic carbocycles. The van der Waals surface area contributed by atoms with Crippen LogP contribution in [0.2, 0.25) is 0 Å². The lowest BCUT2D eigenvalue weighted by Crippen LogP contribution is -2.27. The molecule has 1 fully saturated rings. The molecule has 3 nitrogen and oxygen atoms in total. The van der Waals surface area contributed by atoms with Gasteiger partial charge >= 0.3 is 0 Å². The van der Waals surface area contributed by atoms with Crippen LogP contribution < -0.4 is 0 Å². The minimum Gasteiger partial charge on any atom is -0.341 e. The Kier molecular flexibility index (Phi) is 4.57. The molecule has 1 aliphatic rings. The van der Waals surface area contributed by atoms with Gasteiger partial charge in [0.15, 0.2) is 0 Å². The van der Waals surface area contributed by atoms with E-state index in [9.17, 15) is 4.79 Å². The van der Waals surface area contributed by atoms with E-state index in [-0.39, 0.29) is 5.91 Å². The van der Waals surface area contributed by atoms with E-state index in [4.69, 9.17) is 5.26 Å². The molecule has 1 amide bonds. The third-order valence-electron chi connectivity index (χ3n) is 3.84. The Labute approximate surface area is 114 Å². The van der Waals surface area contributed by atoms with E-state index in [0.29, 0.717) is 24.4 Å². The van der Waals surface area contributed by atoms with Crippen molar-refractivity contribution in [1.82, 2.24) is 4.90 Å². The number of hydrogen-bond donors (Lipinski definition) is 0. The van der Waals surface area contributed by atoms with Gasteiger partial charge in [0.1, 0.15) is 0 Å². The zero-order valence-corrected chi connectivity index (χ0v) is 11.4. The summed E-state index contributed by atoms with van der Waals surface area (Å²) in [5, 5.41) is 8.86. The predicted molar refractivity (Wildman–Crippen MR) is 74.2 cm³/mol. The van der Waals surface area contributed by atoms with Crippen LogP contribution in [0.1, 0.15) is 43.2 Å². The molecule has 1 aromatic rings. The SMILES string of the molecule is CN(Cc1cccc(C#N)c1)C(=O)CC1CCCC1. The number of carbonyl (C=O) groups is 1. The van der Waals surface area contributed by atoms with Gasteiger partial charge in [0, 0.05) is 20.0 Å². The van der Waals surface area contributed by atoms with Crippen LogP contribution in [-0.2, 0) is 11.3 Å². The first-order valence-electron chi connectivity index (χ1n) is 6.92. The van der Waals surface area contributed by atoms with Crippen molar-refractivity contribution in [3.05, 3.63) is 35.4 Å². The molecule has 0 aromatic heterocycles. The lowest BCUT2D eigenvalue weighted by Gasteiger charge is -2.19. The number of hydrogen-bond acceptors (Lipinski definition) is 2. The van der Waals surface area contributed by atoms with Crippen LogP contribution in [0.5, 0.6) is 0 Å². The van der Waals surface area contributed by atoms with Crippen molar-refractivity contribution in [3.63, 3.8) is 0 Å². The van der Waals surface area contributed by atoms with Crippen molar-refractivity contribution in [1.29, 1.82) is 5.26 Å². The number of carbonyl (C=O) groups excluding carboxylic acids is 1. The van der Waals surface area contributed by atoms with Crippen LogP contribution in [-0.4, -0.2) is 17.9 Å². The molecule has 0 radical (unpaired) electrons. The Balaban J connectivity index is 1.90. The van der Waals surface area contributed by atoms with E-state index < -0.39 is 0 Å². The topological polar surface area (TPSA) is 44.1 Å². The average Bonchev–Trinajstić information content (AvgIpc) is 2.91. The van der Waals surface area contributed by atoms with Gasteiger partial charge in [0.2, 0.25) is 5.91 Å². The number of amides is 1. The molecule has 100 valence electrons. The molecule has 0 atom stereocenters. The summed E-state index contributed by atoms with van der Waals surface area (Å²) in [5.74, 6) is 0.801. The average molecular weight is 256 g/mol. The van der Waals surface area contributed by atoms with Gasteiger partial charge in [-0.25, -0.2) is 0 Å². The fraction of sp³-hybridized carbons (Fsp3) is 0.500. The number of nitriles is 1. The highest BCUT2D eigenvalue weighted by molar-refractivity contribution is 5.76. The van der Waals surface area contributed by atoms with E-state index in [0.717, 1.165) is 5.56 Å². The summed E-state index contributed by atoms with van der Waals surface area (Å²) in [6.07, 6.45) is 5.61. The second kappa shape index (κ2) is 6.38. The van der Waals surface area contributed by atoms with Crippen molar-refractivity contribution < 1.29 is 4.79 Å². The second-order valence-electron chi connectivity index (χ2n) is 5.42. The van der Waals surface area contributed by atoms with Crippen LogP contribution in [0.25, 0.3) is 0 Å². The lowest BCUT2D eigenvalue weighted by molar-refractivity contribution is -0.131. The number of nitrogens with zero attached hydrogens (tertiary/aromatic N) is 2. The predicted octanol–water partition coefficient (Wildman–Crippen LogP) is 3.10. The van der Waals surface area contributed by atoms with Gasteiger partial charge in [0.05, 0.1) is 11.6 Å². The molecule has 3 heteroatoms. The van der Waals surface area contributed by atoms with Gasteiger partial charge < -0.3 is 4.90 Å². The second-order valence-corrected chi connectivity index (χ2v) is 5.42. The fourth-order valence-corrected chi connectivity index (χ4v) is 2.72. The summed E-state index contributed by atoms with van der Waals surface area (Å²) in [7, 11) is 1.84. The molecule has 0 aliphatic heterocycles. The Bertz CT molecular complexity index is 484. The van der Waals surface area contributed by atoms with Gasteiger partial charge in [-0.2, -0.15) is 5.26 Å². The van der Waals surface area contributed by atoms with E-state index >= 15 is 0 Å². The van der Waals surface area contributed by atoms with Gasteiger partial charge in [-0.05, 0) is 36.5 Å². The molecule has 0 spiro atoms. The third kappa shape index (κ3) is 3.82. The van der Waals surface area contributed by atoms with E-state index in [1.807, 2.05) is 25.2 Å². The lowest BCUT2D eigenvalue weighted by atomic mass is 10.0. The molecule has 0 unspecified atom stereocenters. The molecule has 0 saturated heterocycles. The monoisotopic (exact) mass is 256 g/mol. The van der Waals surface area contributed by atoms with E-state index in [2.05, 4.69) is 6.07 Å². The fourth-order valence-electron chi connectivity index (χ4n) is 2.72. The van der Waals surface area contributed by atoms with E-state index in [1.54, 1.807) is 11.0 Å². The highest BCUT2D eigenvalue weighted by Crippen LogP contribution is 2.28. The molecule has 0 bridgehead atoms. The molecule has 1 aliphatic carbocycles. The highest BCUT2D eigenvalue weighted by Gasteiger charge is 2.20. The van der Waals surface area contributed by atoms with Gasteiger partial charge in [-0.1, -0.05) is 25.0 Å². The number of benzene rings is 1. The summed E-state index contributed by atoms with van der Waals surface area (Å²) < 4.78 is 0. The molecule has 0 N–H and O–H groups in total. The van der Waals surface area contributed by atoms with Gasteiger partial charge in [-0.15, -0.1) is 0 Å². The number of rotatable bonds is 4. The normalized spacial score (nSPS) is 15.2. The Morgan fingerprint density at radius 2 is 2.16 bits per heavy atom. The highest BCUT2D eigenvalue weighted by atomic mass is 16.2. The maximum Gasteiger partial charge on any atom is 0.222 e. The molecule has 1 saturated carbocycles. The minimum atomic E-state index is 0.217. The largest absolute Gasteiger partial charge is 0.341 e. The van der Waals surface area contributed by atoms with Crippen LogP contribution in [0.15, 0.2) is 24.3 Å². The zero-order chi connectivity index (χ0) is 13.7. The minimum absolute atomic E-state index is 0.217. The summed E-state index contributed by atoms with van der Waals surface area (Å²) >= 11 is 0. The van der Waals surface area contributed by atoms with Crippen molar-refractivity contribution in [2.75, 3.05) is 7.05 Å². The third-order valence-corrected chi connectivity index (χ3v) is 3.84. The first-order valence-corrected chi connectivity index (χ1v) is 6.92. The summed E-state index contributed by atoms with van der Waals surface area (Å²) in [6.45, 7) is 0.584. The van der Waals surface area contributed by atoms with Gasteiger partial charge in [-0.3, -0.25) is 4.79 Å². The smallest absolute Gasteiger partial charge is 0.222 e. The molecule has 0 heterocycles. The maximum absolute atomic E-state index is 12.1. The van der Waals surface area contributed by atoms with Gasteiger partial charge in [0.25, 0.3) is 0 Å². The molecular formula is C16H20N2O. The van der Waals surface area contributed by atoms with Crippen LogP contribution in [0, 0.1) is 17.2 Å². The maximum atomic E-state index is 12.1. The summed E-state index contributed by atoms with van der Waals surface area (Å²) in [5.41, 5.74) is 1.66. The molecule has 19 heavy (non-hydrogen) atoms. The Hall–Kier alpha value is -1.82. The Morgan fingerprint density at radius 1 is 1.42 bits per heavy atom. The van der Waals surface area contributed by atoms with Crippen LogP contribution in [0.4, 0.5) is 0 Å². The first kappa shape index (κ1) is 13.6. The Morgan fingerprint density at radius 3 is 2.84 bits per heavy atom. The zero-order valence-electron chi connectivity index (χ0n) is 11.4. The standard InChI is InChI=1S/C16H20N2O/c1-18(16(19)10-13-5-2-3-6-13)12-15-8-4-7-14(9-15)11-17/h4,7-9,13H,2-3,5-6,10,12H2,1H3. The summed E-state index contributed by atoms with van der Waals surface area (Å²) in [6, 6.07) is 9.58. The molecular weight excluding hydrogens is 236 g/mol. The van der Waals surface area contributed by atoms with Crippen LogP contribution >= 0.6 is 0 Å². The summed E-state index contributed by atoms with van der Waals surface area (Å²) in [4.78, 5) is 13.9. The van der Waals surface area contributed by atoms with Crippen molar-refractivity contribution in [3.8, 4) is 6.07 Å². The molecule has 2 rings (SSSR count).